The monoisotopic (exact) mass is 898 g/mol. The fourth-order valence-corrected chi connectivity index (χ4v) is 7.85. The first-order valence-corrected chi connectivity index (χ1v) is 21.9. The molecule has 0 fully saturated rings. The largest absolute Gasteiger partial charge is 0.505 e. The van der Waals surface area contributed by atoms with E-state index in [1.165, 1.54) is 36.4 Å². The number of benzene rings is 6. The van der Waals surface area contributed by atoms with Crippen molar-refractivity contribution in [3.8, 4) is 11.4 Å². The van der Waals surface area contributed by atoms with E-state index < -0.39 is 56.5 Å². The van der Waals surface area contributed by atoms with Crippen molar-refractivity contribution in [1.82, 2.24) is 15.0 Å². The molecule has 0 atom stereocenters. The minimum Gasteiger partial charge on any atom is -0.505 e. The predicted molar refractivity (Wildman–Crippen MR) is 223 cm³/mol. The summed E-state index contributed by atoms with van der Waals surface area (Å²) in [5, 5.41) is 47.3. The number of amides is 1. The van der Waals surface area contributed by atoms with Crippen molar-refractivity contribution in [2.75, 3.05) is 5.32 Å². The Hall–Kier alpha value is -7.22. The van der Waals surface area contributed by atoms with Crippen molar-refractivity contribution in [1.29, 1.82) is 0 Å². The highest BCUT2D eigenvalue weighted by atomic mass is 32.2. The lowest BCUT2D eigenvalue weighted by Gasteiger charge is -2.10. The quantitative estimate of drug-likeness (QED) is 0.0435. The number of aromatic hydroxyl groups is 1. The number of phenolic OH excluding ortho intramolecular Hbond substituents is 1. The molecule has 1 amide bonds. The summed E-state index contributed by atoms with van der Waals surface area (Å²) in [7, 11) is -14.3. The van der Waals surface area contributed by atoms with Crippen LogP contribution in [-0.4, -0.2) is 65.4 Å². The molecule has 5 N–H and O–H groups in total. The SMILES string of the molecule is Cc1cc(/N=N\c2c(S(=O)(=O)O)cc3cc(NC=O)ccc3c2O)c(C)cc1/N=N\c1ccc(/N=N\c2cc3nn(-c4cccc(S(=O)(=O)O)c4)nc3cc2S(=O)(=O)O)c(C)c1. The lowest BCUT2D eigenvalue weighted by atomic mass is 10.1. The van der Waals surface area contributed by atoms with Crippen molar-refractivity contribution >= 4 is 98.4 Å². The number of rotatable bonds is 12. The van der Waals surface area contributed by atoms with Gasteiger partial charge in [0.25, 0.3) is 30.4 Å². The average Bonchev–Trinajstić information content (AvgIpc) is 3.63. The lowest BCUT2D eigenvalue weighted by Crippen LogP contribution is -2.02. The first-order chi connectivity index (χ1) is 29.2. The van der Waals surface area contributed by atoms with Crippen molar-refractivity contribution in [2.45, 2.75) is 35.5 Å². The highest BCUT2D eigenvalue weighted by Crippen LogP contribution is 2.43. The number of hydrogen-bond donors (Lipinski definition) is 5. The molecule has 6 aromatic carbocycles. The molecule has 0 aliphatic heterocycles. The zero-order chi connectivity index (χ0) is 44.7. The molecule has 0 unspecified atom stereocenters. The van der Waals surface area contributed by atoms with Gasteiger partial charge in [0.2, 0.25) is 6.41 Å². The Kier molecular flexibility index (Phi) is 11.3. The van der Waals surface area contributed by atoms with Gasteiger partial charge in [0, 0.05) is 11.1 Å². The van der Waals surface area contributed by atoms with E-state index in [4.69, 9.17) is 0 Å². The molecule has 24 heteroatoms. The summed E-state index contributed by atoms with van der Waals surface area (Å²) in [5.74, 6) is -0.559. The van der Waals surface area contributed by atoms with Gasteiger partial charge in [-0.05, 0) is 128 Å². The molecule has 0 bridgehead atoms. The number of aryl methyl sites for hydroxylation is 3. The summed E-state index contributed by atoms with van der Waals surface area (Å²) in [6.45, 7) is 5.12. The van der Waals surface area contributed by atoms with Gasteiger partial charge < -0.3 is 10.4 Å². The molecule has 21 nitrogen and oxygen atoms in total. The maximum atomic E-state index is 12.3. The zero-order valence-electron chi connectivity index (χ0n) is 32.1. The summed E-state index contributed by atoms with van der Waals surface area (Å²) in [6, 6.07) is 20.8. The molecule has 0 aliphatic carbocycles. The van der Waals surface area contributed by atoms with Crippen molar-refractivity contribution in [2.24, 2.45) is 30.7 Å². The van der Waals surface area contributed by atoms with Gasteiger partial charge >= 0.3 is 0 Å². The molecular weight excluding hydrogens is 869 g/mol. The highest BCUT2D eigenvalue weighted by Gasteiger charge is 2.23. The third kappa shape index (κ3) is 9.09. The van der Waals surface area contributed by atoms with Crippen LogP contribution in [0.1, 0.15) is 16.7 Å². The Morgan fingerprint density at radius 3 is 1.84 bits per heavy atom. The topological polar surface area (TPSA) is 317 Å². The van der Waals surface area contributed by atoms with Crippen LogP contribution in [0.2, 0.25) is 0 Å². The Labute approximate surface area is 351 Å². The number of fused-ring (bicyclic) bond motifs is 2. The number of anilines is 1. The van der Waals surface area contributed by atoms with Gasteiger partial charge in [-0.25, -0.2) is 0 Å². The maximum Gasteiger partial charge on any atom is 0.296 e. The van der Waals surface area contributed by atoms with Crippen LogP contribution < -0.4 is 5.32 Å². The lowest BCUT2D eigenvalue weighted by molar-refractivity contribution is -0.105. The molecule has 62 heavy (non-hydrogen) atoms. The predicted octanol–water partition coefficient (Wildman–Crippen LogP) is 8.76. The maximum absolute atomic E-state index is 12.3. The molecule has 1 aromatic heterocycles. The van der Waals surface area contributed by atoms with E-state index in [-0.39, 0.29) is 33.2 Å². The molecule has 0 saturated heterocycles. The number of phenols is 1. The van der Waals surface area contributed by atoms with Gasteiger partial charge in [-0.3, -0.25) is 18.5 Å². The van der Waals surface area contributed by atoms with Gasteiger partial charge in [-0.15, -0.1) is 20.4 Å². The second-order valence-corrected chi connectivity index (χ2v) is 17.7. The molecule has 316 valence electrons. The van der Waals surface area contributed by atoms with Crippen LogP contribution in [-0.2, 0) is 35.1 Å². The molecule has 0 spiro atoms. The Bertz CT molecular complexity index is 3450. The van der Waals surface area contributed by atoms with Gasteiger partial charge in [-0.1, -0.05) is 6.07 Å². The number of aromatic nitrogens is 3. The van der Waals surface area contributed by atoms with Crippen LogP contribution in [0.25, 0.3) is 27.5 Å². The minimum atomic E-state index is -4.88. The van der Waals surface area contributed by atoms with Gasteiger partial charge in [0.1, 0.15) is 32.2 Å². The first-order valence-electron chi connectivity index (χ1n) is 17.6. The summed E-state index contributed by atoms with van der Waals surface area (Å²) in [5.41, 5.74) is 3.02. The van der Waals surface area contributed by atoms with E-state index in [1.807, 2.05) is 0 Å². The smallest absolute Gasteiger partial charge is 0.296 e. The molecular formula is C38H30N10O11S3. The zero-order valence-corrected chi connectivity index (χ0v) is 34.6. The second kappa shape index (κ2) is 16.3. The third-order valence-electron chi connectivity index (χ3n) is 9.13. The average molecular weight is 899 g/mol. The van der Waals surface area contributed by atoms with E-state index in [1.54, 1.807) is 51.1 Å². The number of nitrogens with one attached hydrogen (secondary N) is 1. The molecule has 1 heterocycles. The van der Waals surface area contributed by atoms with Gasteiger partial charge in [0.15, 0.2) is 5.75 Å². The normalized spacial score (nSPS) is 12.7. The summed E-state index contributed by atoms with van der Waals surface area (Å²) >= 11 is 0. The fourth-order valence-electron chi connectivity index (χ4n) is 6.04. The van der Waals surface area contributed by atoms with Crippen LogP contribution in [0.4, 0.5) is 39.8 Å². The Balaban J connectivity index is 1.12. The number of carbonyl (C=O) groups excluding carboxylic acids is 1. The number of hydrogen-bond acceptors (Lipinski definition) is 16. The Morgan fingerprint density at radius 2 is 1.21 bits per heavy atom. The first kappa shape index (κ1) is 42.9. The van der Waals surface area contributed by atoms with E-state index >= 15 is 0 Å². The van der Waals surface area contributed by atoms with Crippen molar-refractivity contribution < 1.29 is 48.8 Å². The van der Waals surface area contributed by atoms with Crippen LogP contribution >= 0.6 is 0 Å². The summed E-state index contributed by atoms with van der Waals surface area (Å²) in [4.78, 5) is 10.1. The van der Waals surface area contributed by atoms with E-state index in [0.717, 1.165) is 29.1 Å². The van der Waals surface area contributed by atoms with Crippen LogP contribution in [0.15, 0.2) is 136 Å². The summed E-state index contributed by atoms with van der Waals surface area (Å²) < 4.78 is 102. The number of azo groups is 3. The molecule has 7 rings (SSSR count). The van der Waals surface area contributed by atoms with E-state index in [2.05, 4.69) is 46.2 Å². The summed E-state index contributed by atoms with van der Waals surface area (Å²) in [6.07, 6.45) is 0.430. The molecule has 0 saturated carbocycles. The van der Waals surface area contributed by atoms with E-state index in [9.17, 15) is 48.8 Å². The van der Waals surface area contributed by atoms with Crippen LogP contribution in [0.5, 0.6) is 5.75 Å². The molecule has 7 aromatic rings. The molecule has 0 radical (unpaired) electrons. The van der Waals surface area contributed by atoms with Crippen molar-refractivity contribution in [3.63, 3.8) is 0 Å². The fraction of sp³-hybridized carbons (Fsp3) is 0.0789. The number of nitrogens with zero attached hydrogens (tertiary/aromatic N) is 9. The second-order valence-electron chi connectivity index (χ2n) is 13.5. The van der Waals surface area contributed by atoms with Crippen LogP contribution in [0, 0.1) is 20.8 Å². The number of carbonyl (C=O) groups is 1. The highest BCUT2D eigenvalue weighted by molar-refractivity contribution is 7.86. The van der Waals surface area contributed by atoms with Gasteiger partial charge in [-0.2, -0.15) is 50.5 Å². The Morgan fingerprint density at radius 1 is 0.597 bits per heavy atom. The van der Waals surface area contributed by atoms with Gasteiger partial charge in [0.05, 0.1) is 33.3 Å². The molecule has 0 aliphatic rings. The van der Waals surface area contributed by atoms with Crippen molar-refractivity contribution in [3.05, 3.63) is 108 Å². The van der Waals surface area contributed by atoms with E-state index in [0.29, 0.717) is 51.5 Å². The van der Waals surface area contributed by atoms with Crippen LogP contribution in [0.3, 0.4) is 0 Å². The minimum absolute atomic E-state index is 0.0190. The standard InChI is InChI=1S/C38H30N10O11S3/c1-20-11-25(8-10-29(20)41-44-34-17-32-33(18-35(34)61(54,55)56)47-48(46-32)26-5-4-6-27(16-26)60(51,52)53)40-42-30-12-22(3)31(13-21(30)2)43-45-37-36(62(57,58)59)15-23-14-24(39-19-49)7-9-28(23)38(37)50/h4-19,50H,1-3H3,(H,39,49)(H,51,52,53)(H,54,55,56)(H,57,58,59)/b42-40-,44-41-,45-43-. The third-order valence-corrected chi connectivity index (χ3v) is 11.7.